The third-order valence-electron chi connectivity index (χ3n) is 11.3. The molecule has 0 unspecified atom stereocenters. The summed E-state index contributed by atoms with van der Waals surface area (Å²) in [5.74, 6) is 3.71. The largest absolute Gasteiger partial charge is 0.488 e. The van der Waals surface area contributed by atoms with Crippen LogP contribution < -0.4 is 4.74 Å². The molecule has 7 rings (SSSR count). The normalized spacial score (nSPS) is 18.7. The zero-order valence-corrected chi connectivity index (χ0v) is 31.2. The highest BCUT2D eigenvalue weighted by Crippen LogP contribution is 2.43. The summed E-state index contributed by atoms with van der Waals surface area (Å²) in [4.78, 5) is 47.3. The van der Waals surface area contributed by atoms with Crippen molar-refractivity contribution in [3.05, 3.63) is 65.9 Å². The molecular weight excluding hydrogens is 637 g/mol. The molecule has 0 spiro atoms. The first-order valence-corrected chi connectivity index (χ1v) is 19.0. The maximum Gasteiger partial charge on any atom is 0.223 e. The Balaban J connectivity index is 1.16. The van der Waals surface area contributed by atoms with Crippen LogP contribution in [-0.2, 0) is 16.2 Å². The number of imidazole rings is 2. The van der Waals surface area contributed by atoms with E-state index in [2.05, 4.69) is 94.0 Å². The van der Waals surface area contributed by atoms with Crippen LogP contribution in [0.5, 0.6) is 5.75 Å². The van der Waals surface area contributed by atoms with Crippen molar-refractivity contribution in [3.63, 3.8) is 0 Å². The third-order valence-corrected chi connectivity index (χ3v) is 11.3. The number of nitrogens with zero attached hydrogens (tertiary/aromatic N) is 4. The van der Waals surface area contributed by atoms with E-state index in [1.165, 1.54) is 0 Å². The van der Waals surface area contributed by atoms with Gasteiger partial charge in [0.25, 0.3) is 0 Å². The zero-order valence-electron chi connectivity index (χ0n) is 31.2. The number of nitrogens with one attached hydrogen (secondary N) is 2. The number of aromatic amines is 2. The second-order valence-electron chi connectivity index (χ2n) is 15.1. The lowest BCUT2D eigenvalue weighted by Crippen LogP contribution is -2.40. The van der Waals surface area contributed by atoms with Gasteiger partial charge >= 0.3 is 0 Å². The summed E-state index contributed by atoms with van der Waals surface area (Å²) in [6.07, 6.45) is 6.62. The van der Waals surface area contributed by atoms with E-state index in [1.807, 2.05) is 22.9 Å². The van der Waals surface area contributed by atoms with Crippen molar-refractivity contribution in [2.75, 3.05) is 6.54 Å². The SMILES string of the molecule is CCCC(=O)N([C@@H](C)CC)[C@@H](C)c1ncc(-c2ccc3c(c2)COc2cc4c(ccc5nc([C@@H]6C[C@H](C)CN6C(=O)C[C@@H](C)CC)[nH]c54)cc2-3)[nH]1. The number of rotatable bonds is 11. The minimum Gasteiger partial charge on any atom is -0.488 e. The maximum absolute atomic E-state index is 13.3. The predicted octanol–water partition coefficient (Wildman–Crippen LogP) is 9.50. The van der Waals surface area contributed by atoms with Crippen LogP contribution in [0, 0.1) is 11.8 Å². The Morgan fingerprint density at radius 1 is 1.02 bits per heavy atom. The Morgan fingerprint density at radius 2 is 1.84 bits per heavy atom. The minimum absolute atomic E-state index is 0.0366. The van der Waals surface area contributed by atoms with Gasteiger partial charge in [0.1, 0.15) is 24.0 Å². The minimum atomic E-state index is -0.149. The van der Waals surface area contributed by atoms with Gasteiger partial charge in [-0.15, -0.1) is 0 Å². The van der Waals surface area contributed by atoms with Crippen LogP contribution >= 0.6 is 0 Å². The van der Waals surface area contributed by atoms with Gasteiger partial charge in [-0.1, -0.05) is 59.2 Å². The number of likely N-dealkylation sites (tertiary alicyclic amines) is 1. The van der Waals surface area contributed by atoms with E-state index in [0.717, 1.165) is 99.4 Å². The van der Waals surface area contributed by atoms with E-state index in [-0.39, 0.29) is 29.9 Å². The molecule has 0 aliphatic carbocycles. The smallest absolute Gasteiger partial charge is 0.223 e. The van der Waals surface area contributed by atoms with Gasteiger partial charge in [-0.05, 0) is 91.3 Å². The summed E-state index contributed by atoms with van der Waals surface area (Å²) in [5, 5.41) is 2.17. The molecule has 4 heterocycles. The molecule has 268 valence electrons. The van der Waals surface area contributed by atoms with Gasteiger partial charge < -0.3 is 24.5 Å². The summed E-state index contributed by atoms with van der Waals surface area (Å²) in [6.45, 7) is 16.1. The standard InChI is InChI=1S/C42H52N6O3/c1-8-11-38(49)48(26(6)10-3)27(7)41-43-21-35(45-41)29-12-14-31-30(18-29)23-51-37-20-32-28(19-33(31)37)13-15-34-40(32)46-42(44-34)36-16-25(5)22-47(36)39(50)17-24(4)9-2/h12-15,18-21,24-27,36H,8-11,16-17,22-23H2,1-7H3,(H,43,45)(H,44,46)/t24-,25-,26-,27-,36-/m0/s1. The third kappa shape index (κ3) is 6.51. The molecule has 9 heteroatoms. The first kappa shape index (κ1) is 34.8. The van der Waals surface area contributed by atoms with E-state index < -0.39 is 0 Å². The second kappa shape index (κ2) is 14.2. The fraction of sp³-hybridized carbons (Fsp3) is 0.476. The van der Waals surface area contributed by atoms with Gasteiger partial charge in [0.2, 0.25) is 11.8 Å². The molecule has 0 saturated carbocycles. The van der Waals surface area contributed by atoms with Crippen LogP contribution in [0.3, 0.4) is 0 Å². The van der Waals surface area contributed by atoms with Crippen molar-refractivity contribution in [3.8, 4) is 28.1 Å². The second-order valence-corrected chi connectivity index (χ2v) is 15.1. The number of hydrogen-bond acceptors (Lipinski definition) is 5. The molecule has 1 saturated heterocycles. The summed E-state index contributed by atoms with van der Waals surface area (Å²) in [6, 6.07) is 15.0. The van der Waals surface area contributed by atoms with Crippen LogP contribution in [0.25, 0.3) is 44.2 Å². The first-order valence-electron chi connectivity index (χ1n) is 19.0. The quantitative estimate of drug-likeness (QED) is 0.144. The number of carbonyl (C=O) groups is 2. The topological polar surface area (TPSA) is 107 Å². The molecule has 2 aromatic heterocycles. The van der Waals surface area contributed by atoms with Gasteiger partial charge in [-0.3, -0.25) is 9.59 Å². The summed E-state index contributed by atoms with van der Waals surface area (Å²) >= 11 is 0. The maximum atomic E-state index is 13.3. The van der Waals surface area contributed by atoms with Gasteiger partial charge in [-0.25, -0.2) is 9.97 Å². The first-order chi connectivity index (χ1) is 24.6. The molecule has 5 aromatic rings. The number of amides is 2. The summed E-state index contributed by atoms with van der Waals surface area (Å²) in [7, 11) is 0. The molecule has 1 fully saturated rings. The molecule has 2 N–H and O–H groups in total. The van der Waals surface area contributed by atoms with Crippen LogP contribution in [0.1, 0.15) is 116 Å². The highest BCUT2D eigenvalue weighted by atomic mass is 16.5. The highest BCUT2D eigenvalue weighted by molar-refractivity contribution is 6.07. The van der Waals surface area contributed by atoms with Crippen molar-refractivity contribution in [1.82, 2.24) is 29.7 Å². The van der Waals surface area contributed by atoms with Gasteiger partial charge in [0.15, 0.2) is 0 Å². The van der Waals surface area contributed by atoms with Crippen LogP contribution in [0.2, 0.25) is 0 Å². The van der Waals surface area contributed by atoms with E-state index in [1.54, 1.807) is 0 Å². The van der Waals surface area contributed by atoms with Crippen molar-refractivity contribution < 1.29 is 14.3 Å². The highest BCUT2D eigenvalue weighted by Gasteiger charge is 2.36. The number of H-pyrrole nitrogens is 2. The molecule has 0 radical (unpaired) electrons. The summed E-state index contributed by atoms with van der Waals surface area (Å²) in [5.41, 5.74) is 7.18. The molecule has 51 heavy (non-hydrogen) atoms. The Morgan fingerprint density at radius 3 is 2.61 bits per heavy atom. The number of aromatic nitrogens is 4. The van der Waals surface area contributed by atoms with Crippen molar-refractivity contribution in [2.24, 2.45) is 11.8 Å². The Labute approximate surface area is 301 Å². The van der Waals surface area contributed by atoms with E-state index in [9.17, 15) is 9.59 Å². The lowest BCUT2D eigenvalue weighted by Gasteiger charge is -2.33. The molecule has 5 atom stereocenters. The van der Waals surface area contributed by atoms with E-state index in [0.29, 0.717) is 31.3 Å². The van der Waals surface area contributed by atoms with E-state index >= 15 is 0 Å². The number of fused-ring (bicyclic) bond motifs is 6. The Bertz CT molecular complexity index is 2080. The predicted molar refractivity (Wildman–Crippen MR) is 203 cm³/mol. The zero-order chi connectivity index (χ0) is 36.0. The summed E-state index contributed by atoms with van der Waals surface area (Å²) < 4.78 is 6.42. The average molecular weight is 689 g/mol. The molecule has 9 nitrogen and oxygen atoms in total. The van der Waals surface area contributed by atoms with Crippen molar-refractivity contribution in [1.29, 1.82) is 0 Å². The number of hydrogen-bond donors (Lipinski definition) is 2. The number of ether oxygens (including phenoxy) is 1. The number of benzene rings is 3. The average Bonchev–Trinajstić information content (AvgIpc) is 3.89. The molecule has 0 bridgehead atoms. The van der Waals surface area contributed by atoms with E-state index in [4.69, 9.17) is 14.7 Å². The van der Waals surface area contributed by atoms with Crippen LogP contribution in [0.4, 0.5) is 0 Å². The Kier molecular flexibility index (Phi) is 9.66. The molecular formula is C42H52N6O3. The molecule has 2 amide bonds. The van der Waals surface area contributed by atoms with Crippen LogP contribution in [-0.4, -0.2) is 54.1 Å². The fourth-order valence-electron chi connectivity index (χ4n) is 7.99. The molecule has 2 aliphatic heterocycles. The van der Waals surface area contributed by atoms with Crippen molar-refractivity contribution >= 4 is 33.6 Å². The van der Waals surface area contributed by atoms with Crippen molar-refractivity contribution in [2.45, 2.75) is 112 Å². The van der Waals surface area contributed by atoms with Gasteiger partial charge in [0, 0.05) is 36.4 Å². The fourth-order valence-corrected chi connectivity index (χ4v) is 7.99. The Hall–Kier alpha value is -4.66. The lowest BCUT2D eigenvalue weighted by molar-refractivity contribution is -0.136. The number of carbonyl (C=O) groups excluding carboxylic acids is 2. The monoisotopic (exact) mass is 688 g/mol. The van der Waals surface area contributed by atoms with Crippen LogP contribution in [0.15, 0.2) is 48.7 Å². The molecule has 2 aliphatic rings. The lowest BCUT2D eigenvalue weighted by atomic mass is 9.92. The van der Waals surface area contributed by atoms with Gasteiger partial charge in [-0.2, -0.15) is 0 Å². The van der Waals surface area contributed by atoms with Gasteiger partial charge in [0.05, 0.1) is 35.0 Å². The molecule has 3 aromatic carbocycles.